The van der Waals surface area contributed by atoms with Gasteiger partial charge >= 0.3 is 0 Å². The van der Waals surface area contributed by atoms with Gasteiger partial charge in [-0.25, -0.2) is 0 Å². The number of aromatic nitrogens is 1. The minimum Gasteiger partial charge on any atom is -0.369 e. The van der Waals surface area contributed by atoms with Crippen molar-refractivity contribution in [1.82, 2.24) is 10.3 Å². The summed E-state index contributed by atoms with van der Waals surface area (Å²) in [6.45, 7) is 2.11. The Bertz CT molecular complexity index is 390. The third-order valence-electron chi connectivity index (χ3n) is 3.16. The molecule has 2 rings (SSSR count). The van der Waals surface area contributed by atoms with Crippen LogP contribution in [0.15, 0.2) is 18.5 Å². The molecule has 0 aliphatic carbocycles. The largest absolute Gasteiger partial charge is 0.369 e. The van der Waals surface area contributed by atoms with Crippen molar-refractivity contribution in [1.29, 1.82) is 5.26 Å². The molecule has 0 spiro atoms. The van der Waals surface area contributed by atoms with Gasteiger partial charge in [0.05, 0.1) is 17.4 Å². The maximum Gasteiger partial charge on any atom is 0.101 e. The van der Waals surface area contributed by atoms with Gasteiger partial charge < -0.3 is 10.2 Å². The third-order valence-corrected chi connectivity index (χ3v) is 3.16. The predicted molar refractivity (Wildman–Crippen MR) is 63.2 cm³/mol. The summed E-state index contributed by atoms with van der Waals surface area (Å²) in [6, 6.07) is 4.50. The number of nitrogens with zero attached hydrogens (tertiary/aromatic N) is 3. The van der Waals surface area contributed by atoms with Crippen LogP contribution in [-0.2, 0) is 0 Å². The highest BCUT2D eigenvalue weighted by Gasteiger charge is 2.19. The van der Waals surface area contributed by atoms with E-state index in [0.29, 0.717) is 11.6 Å². The lowest BCUT2D eigenvalue weighted by molar-refractivity contribution is 0.443. The topological polar surface area (TPSA) is 52.0 Å². The van der Waals surface area contributed by atoms with Crippen molar-refractivity contribution >= 4 is 5.69 Å². The van der Waals surface area contributed by atoms with E-state index in [0.717, 1.165) is 31.6 Å². The lowest BCUT2D eigenvalue weighted by Crippen LogP contribution is -2.41. The Balaban J connectivity index is 2.19. The van der Waals surface area contributed by atoms with Crippen LogP contribution in [0, 0.1) is 11.3 Å². The molecule has 4 heteroatoms. The zero-order valence-electron chi connectivity index (χ0n) is 9.48. The fourth-order valence-electron chi connectivity index (χ4n) is 2.15. The maximum atomic E-state index is 9.05. The number of hydrogen-bond acceptors (Lipinski definition) is 4. The van der Waals surface area contributed by atoms with E-state index >= 15 is 0 Å². The molecule has 0 radical (unpaired) electrons. The van der Waals surface area contributed by atoms with E-state index in [1.165, 1.54) is 0 Å². The molecule has 1 aromatic heterocycles. The van der Waals surface area contributed by atoms with Gasteiger partial charge in [0.25, 0.3) is 0 Å². The van der Waals surface area contributed by atoms with Crippen LogP contribution in [0.2, 0.25) is 0 Å². The third kappa shape index (κ3) is 2.15. The van der Waals surface area contributed by atoms with E-state index in [4.69, 9.17) is 5.26 Å². The number of hydrogen-bond donors (Lipinski definition) is 1. The standard InChI is InChI=1S/C12H16N4/c1-16(11-3-6-14-7-4-11)12-9-15-5-2-10(12)8-13/h2,5,9,11,14H,3-4,6-7H2,1H3. The van der Waals surface area contributed by atoms with Crippen LogP contribution >= 0.6 is 0 Å². The zero-order chi connectivity index (χ0) is 11.4. The summed E-state index contributed by atoms with van der Waals surface area (Å²) in [5.74, 6) is 0. The second kappa shape index (κ2) is 4.95. The molecule has 4 nitrogen and oxygen atoms in total. The summed E-state index contributed by atoms with van der Waals surface area (Å²) < 4.78 is 0. The van der Waals surface area contributed by atoms with Crippen LogP contribution in [0.25, 0.3) is 0 Å². The number of piperidine rings is 1. The second-order valence-electron chi connectivity index (χ2n) is 4.10. The van der Waals surface area contributed by atoms with Crippen LogP contribution in [0.5, 0.6) is 0 Å². The van der Waals surface area contributed by atoms with Gasteiger partial charge in [0, 0.05) is 19.3 Å². The van der Waals surface area contributed by atoms with Gasteiger partial charge in [0.15, 0.2) is 0 Å². The summed E-state index contributed by atoms with van der Waals surface area (Å²) in [5, 5.41) is 12.4. The van der Waals surface area contributed by atoms with E-state index in [2.05, 4.69) is 21.3 Å². The Kier molecular flexibility index (Phi) is 3.37. The SMILES string of the molecule is CN(c1cnccc1C#N)C1CCNCC1. The van der Waals surface area contributed by atoms with Crippen LogP contribution in [0.4, 0.5) is 5.69 Å². The zero-order valence-corrected chi connectivity index (χ0v) is 9.48. The first kappa shape index (κ1) is 10.9. The number of pyridine rings is 1. The van der Waals surface area contributed by atoms with E-state index in [1.54, 1.807) is 18.5 Å². The number of nitrogens with one attached hydrogen (secondary N) is 1. The summed E-state index contributed by atoms with van der Waals surface area (Å²) in [7, 11) is 2.05. The minimum absolute atomic E-state index is 0.512. The van der Waals surface area contributed by atoms with Crippen LogP contribution in [0.3, 0.4) is 0 Å². The predicted octanol–water partition coefficient (Wildman–Crippen LogP) is 1.14. The number of rotatable bonds is 2. The first-order chi connectivity index (χ1) is 7.83. The molecular weight excluding hydrogens is 200 g/mol. The summed E-state index contributed by atoms with van der Waals surface area (Å²) >= 11 is 0. The van der Waals surface area contributed by atoms with Gasteiger partial charge in [-0.3, -0.25) is 4.98 Å². The smallest absolute Gasteiger partial charge is 0.101 e. The van der Waals surface area contributed by atoms with E-state index < -0.39 is 0 Å². The van der Waals surface area contributed by atoms with Gasteiger partial charge in [0.2, 0.25) is 0 Å². The monoisotopic (exact) mass is 216 g/mol. The molecule has 0 atom stereocenters. The molecule has 1 saturated heterocycles. The van der Waals surface area contributed by atoms with Crippen molar-refractivity contribution in [2.75, 3.05) is 25.0 Å². The summed E-state index contributed by atoms with van der Waals surface area (Å²) in [4.78, 5) is 6.29. The van der Waals surface area contributed by atoms with Crippen molar-refractivity contribution < 1.29 is 0 Å². The molecule has 1 N–H and O–H groups in total. The molecule has 16 heavy (non-hydrogen) atoms. The highest BCUT2D eigenvalue weighted by Crippen LogP contribution is 2.22. The van der Waals surface area contributed by atoms with Gasteiger partial charge in [-0.15, -0.1) is 0 Å². The normalized spacial score (nSPS) is 16.8. The second-order valence-corrected chi connectivity index (χ2v) is 4.10. The van der Waals surface area contributed by atoms with Crippen molar-refractivity contribution in [3.05, 3.63) is 24.0 Å². The highest BCUT2D eigenvalue weighted by atomic mass is 15.2. The quantitative estimate of drug-likeness (QED) is 0.805. The molecule has 0 unspecified atom stereocenters. The van der Waals surface area contributed by atoms with Crippen molar-refractivity contribution in [3.8, 4) is 6.07 Å². The van der Waals surface area contributed by atoms with Gasteiger partial charge in [-0.05, 0) is 32.0 Å². The fourth-order valence-corrected chi connectivity index (χ4v) is 2.15. The van der Waals surface area contributed by atoms with Crippen molar-refractivity contribution in [2.24, 2.45) is 0 Å². The van der Waals surface area contributed by atoms with Crippen molar-refractivity contribution in [3.63, 3.8) is 0 Å². The lowest BCUT2D eigenvalue weighted by Gasteiger charge is -2.33. The molecule has 1 aliphatic heterocycles. The van der Waals surface area contributed by atoms with Gasteiger partial charge in [0.1, 0.15) is 6.07 Å². The molecule has 1 aromatic rings. The summed E-state index contributed by atoms with van der Waals surface area (Å²) in [6.07, 6.45) is 5.69. The average Bonchev–Trinajstić information content (AvgIpc) is 2.39. The number of nitriles is 1. The first-order valence-corrected chi connectivity index (χ1v) is 5.60. The minimum atomic E-state index is 0.512. The molecule has 1 fully saturated rings. The van der Waals surface area contributed by atoms with Crippen LogP contribution in [-0.4, -0.2) is 31.2 Å². The van der Waals surface area contributed by atoms with E-state index in [1.807, 2.05) is 7.05 Å². The number of anilines is 1. The van der Waals surface area contributed by atoms with E-state index in [9.17, 15) is 0 Å². The van der Waals surface area contributed by atoms with Gasteiger partial charge in [-0.2, -0.15) is 5.26 Å². The Hall–Kier alpha value is -1.60. The van der Waals surface area contributed by atoms with Gasteiger partial charge in [-0.1, -0.05) is 0 Å². The molecule has 84 valence electrons. The lowest BCUT2D eigenvalue weighted by atomic mass is 10.0. The average molecular weight is 216 g/mol. The molecule has 0 bridgehead atoms. The van der Waals surface area contributed by atoms with Crippen LogP contribution < -0.4 is 10.2 Å². The molecule has 1 aliphatic rings. The first-order valence-electron chi connectivity index (χ1n) is 5.60. The fraction of sp³-hybridized carbons (Fsp3) is 0.500. The van der Waals surface area contributed by atoms with Crippen LogP contribution in [0.1, 0.15) is 18.4 Å². The Morgan fingerprint density at radius 2 is 2.25 bits per heavy atom. The Morgan fingerprint density at radius 1 is 1.50 bits per heavy atom. The Labute approximate surface area is 95.9 Å². The molecule has 0 saturated carbocycles. The maximum absolute atomic E-state index is 9.05. The molecule has 0 amide bonds. The summed E-state index contributed by atoms with van der Waals surface area (Å²) in [5.41, 5.74) is 1.65. The molecule has 2 heterocycles. The van der Waals surface area contributed by atoms with E-state index in [-0.39, 0.29) is 0 Å². The highest BCUT2D eigenvalue weighted by molar-refractivity contribution is 5.57. The Morgan fingerprint density at radius 3 is 2.94 bits per heavy atom. The molecular formula is C12H16N4. The van der Waals surface area contributed by atoms with Crippen molar-refractivity contribution in [2.45, 2.75) is 18.9 Å². The molecule has 0 aromatic carbocycles.